The van der Waals surface area contributed by atoms with E-state index in [-0.39, 0.29) is 34.7 Å². The van der Waals surface area contributed by atoms with Crippen molar-refractivity contribution in [3.63, 3.8) is 0 Å². The maximum absolute atomic E-state index is 15.6. The average Bonchev–Trinajstić information content (AvgIpc) is 2.94. The minimum atomic E-state index is -4.96. The fraction of sp³-hybridized carbons (Fsp3) is 0.429. The second-order valence-corrected chi connectivity index (χ2v) is 10.5. The van der Waals surface area contributed by atoms with E-state index in [1.54, 1.807) is 0 Å². The third-order valence-electron chi connectivity index (χ3n) is 7.63. The Hall–Kier alpha value is -4.04. The first-order valence-electron chi connectivity index (χ1n) is 13.4. The van der Waals surface area contributed by atoms with E-state index >= 15 is 4.39 Å². The molecule has 2 aliphatic rings. The molecule has 2 atom stereocenters. The van der Waals surface area contributed by atoms with Crippen LogP contribution in [0.25, 0.3) is 5.70 Å². The predicted octanol–water partition coefficient (Wildman–Crippen LogP) is 2.75. The summed E-state index contributed by atoms with van der Waals surface area (Å²) in [6.07, 6.45) is -1.29. The number of aromatic amines is 1. The molecular weight excluding hydrogens is 558 g/mol. The van der Waals surface area contributed by atoms with Gasteiger partial charge in [0.15, 0.2) is 0 Å². The number of hydrogen-bond donors (Lipinski definition) is 4. The molecule has 228 valence electrons. The molecule has 6 N–H and O–H groups in total. The average molecular weight is 594 g/mol. The van der Waals surface area contributed by atoms with Gasteiger partial charge < -0.3 is 36.3 Å². The number of allylic oxidation sites excluding steroid dienone is 2. The minimum Gasteiger partial charge on any atom is -0.398 e. The number of morpholine rings is 1. The number of rotatable bonds is 6. The molecule has 2 fully saturated rings. The zero-order chi connectivity index (χ0) is 30.8. The summed E-state index contributed by atoms with van der Waals surface area (Å²) in [6, 6.07) is 2.95. The third-order valence-corrected chi connectivity index (χ3v) is 7.63. The first-order chi connectivity index (χ1) is 19.8. The SMILES string of the molecule is CC1CN(c2cc(F)c(/C(N)=C/C=C(\N)N3CCOCC3)cc2NC(=O)c2c[nH]c(=O)cc2C(F)(F)F)CC(C)N1C. The highest BCUT2D eigenvalue weighted by Crippen LogP contribution is 2.35. The van der Waals surface area contributed by atoms with E-state index < -0.39 is 34.6 Å². The second kappa shape index (κ2) is 12.4. The Labute approximate surface area is 240 Å². The Kier molecular flexibility index (Phi) is 9.16. The highest BCUT2D eigenvalue weighted by Gasteiger charge is 2.36. The molecule has 42 heavy (non-hydrogen) atoms. The number of aromatic nitrogens is 1. The summed E-state index contributed by atoms with van der Waals surface area (Å²) >= 11 is 0. The lowest BCUT2D eigenvalue weighted by atomic mass is 10.0. The zero-order valence-electron chi connectivity index (χ0n) is 23.6. The number of carbonyl (C=O) groups is 1. The molecule has 14 heteroatoms. The van der Waals surface area contributed by atoms with E-state index in [1.165, 1.54) is 24.3 Å². The molecule has 1 aromatic carbocycles. The van der Waals surface area contributed by atoms with Crippen LogP contribution in [0.4, 0.5) is 28.9 Å². The first kappa shape index (κ1) is 30.9. The predicted molar refractivity (Wildman–Crippen MR) is 152 cm³/mol. The Morgan fingerprint density at radius 3 is 2.33 bits per heavy atom. The van der Waals surface area contributed by atoms with Crippen LogP contribution in [0.1, 0.15) is 35.3 Å². The summed E-state index contributed by atoms with van der Waals surface area (Å²) in [5, 5.41) is 2.51. The number of nitrogens with one attached hydrogen (secondary N) is 2. The fourth-order valence-electron chi connectivity index (χ4n) is 5.02. The number of likely N-dealkylation sites (N-methyl/N-ethyl adjacent to an activating group) is 1. The smallest absolute Gasteiger partial charge is 0.398 e. The van der Waals surface area contributed by atoms with Gasteiger partial charge in [0, 0.05) is 61.8 Å². The Morgan fingerprint density at radius 2 is 1.71 bits per heavy atom. The summed E-state index contributed by atoms with van der Waals surface area (Å²) in [5.41, 5.74) is 9.44. The van der Waals surface area contributed by atoms with Crippen molar-refractivity contribution in [1.82, 2.24) is 14.8 Å². The van der Waals surface area contributed by atoms with Gasteiger partial charge in [0.05, 0.1) is 41.5 Å². The molecule has 0 bridgehead atoms. The van der Waals surface area contributed by atoms with Gasteiger partial charge >= 0.3 is 6.18 Å². The van der Waals surface area contributed by atoms with Crippen LogP contribution in [-0.2, 0) is 10.9 Å². The molecule has 4 rings (SSSR count). The Bertz CT molecular complexity index is 1420. The van der Waals surface area contributed by atoms with Crippen LogP contribution in [-0.4, -0.2) is 79.2 Å². The van der Waals surface area contributed by atoms with E-state index in [4.69, 9.17) is 16.2 Å². The summed E-state index contributed by atoms with van der Waals surface area (Å²) in [6.45, 7) is 7.13. The van der Waals surface area contributed by atoms with Crippen molar-refractivity contribution in [2.75, 3.05) is 56.7 Å². The summed E-state index contributed by atoms with van der Waals surface area (Å²) in [7, 11) is 1.97. The number of nitrogens with two attached hydrogens (primary N) is 2. The van der Waals surface area contributed by atoms with Crippen molar-refractivity contribution >= 4 is 23.0 Å². The number of piperazine rings is 1. The van der Waals surface area contributed by atoms with Gasteiger partial charge in [0.2, 0.25) is 5.56 Å². The highest BCUT2D eigenvalue weighted by atomic mass is 19.4. The molecule has 0 aliphatic carbocycles. The van der Waals surface area contributed by atoms with Gasteiger partial charge in [-0.15, -0.1) is 0 Å². The Balaban J connectivity index is 1.75. The van der Waals surface area contributed by atoms with Gasteiger partial charge in [-0.05, 0) is 45.2 Å². The van der Waals surface area contributed by atoms with Gasteiger partial charge in [-0.25, -0.2) is 4.39 Å². The molecule has 2 aromatic rings. The van der Waals surface area contributed by atoms with Crippen LogP contribution in [0.2, 0.25) is 0 Å². The number of nitrogens with zero attached hydrogens (tertiary/aromatic N) is 3. The normalized spacial score (nSPS) is 21.0. The lowest BCUT2D eigenvalue weighted by Crippen LogP contribution is -2.55. The number of amides is 1. The van der Waals surface area contributed by atoms with Crippen LogP contribution >= 0.6 is 0 Å². The largest absolute Gasteiger partial charge is 0.417 e. The molecule has 0 spiro atoms. The van der Waals surface area contributed by atoms with Crippen molar-refractivity contribution in [2.24, 2.45) is 11.5 Å². The second-order valence-electron chi connectivity index (χ2n) is 10.5. The number of ether oxygens (including phenoxy) is 1. The first-order valence-corrected chi connectivity index (χ1v) is 13.4. The fourth-order valence-corrected chi connectivity index (χ4v) is 5.02. The number of H-pyrrole nitrogens is 1. The van der Waals surface area contributed by atoms with Crippen LogP contribution in [0.15, 0.2) is 47.2 Å². The molecule has 2 unspecified atom stereocenters. The molecule has 1 amide bonds. The van der Waals surface area contributed by atoms with Crippen LogP contribution in [0, 0.1) is 5.82 Å². The van der Waals surface area contributed by atoms with Crippen molar-refractivity contribution in [3.05, 3.63) is 75.2 Å². The van der Waals surface area contributed by atoms with E-state index in [1.807, 2.05) is 30.7 Å². The molecule has 3 heterocycles. The highest BCUT2D eigenvalue weighted by molar-refractivity contribution is 6.07. The van der Waals surface area contributed by atoms with Gasteiger partial charge in [-0.3, -0.25) is 14.5 Å². The topological polar surface area (TPSA) is 133 Å². The van der Waals surface area contributed by atoms with Crippen LogP contribution in [0.5, 0.6) is 0 Å². The summed E-state index contributed by atoms with van der Waals surface area (Å²) in [4.78, 5) is 32.8. The number of hydrogen-bond acceptors (Lipinski definition) is 8. The number of halogens is 4. The quantitative estimate of drug-likeness (QED) is 0.297. The van der Waals surface area contributed by atoms with E-state index in [2.05, 4.69) is 15.2 Å². The van der Waals surface area contributed by atoms with Crippen LogP contribution < -0.4 is 27.2 Å². The van der Waals surface area contributed by atoms with Gasteiger partial charge in [0.1, 0.15) is 5.82 Å². The lowest BCUT2D eigenvalue weighted by Gasteiger charge is -2.44. The molecule has 2 aliphatic heterocycles. The molecule has 10 nitrogen and oxygen atoms in total. The van der Waals surface area contributed by atoms with Crippen molar-refractivity contribution in [2.45, 2.75) is 32.1 Å². The summed E-state index contributed by atoms with van der Waals surface area (Å²) in [5.74, 6) is -1.41. The number of alkyl halides is 3. The molecule has 0 saturated carbocycles. The lowest BCUT2D eigenvalue weighted by molar-refractivity contribution is -0.138. The third kappa shape index (κ3) is 6.87. The van der Waals surface area contributed by atoms with Crippen molar-refractivity contribution < 1.29 is 27.1 Å². The van der Waals surface area contributed by atoms with Crippen molar-refractivity contribution in [3.8, 4) is 0 Å². The van der Waals surface area contributed by atoms with Gasteiger partial charge in [-0.2, -0.15) is 13.2 Å². The molecular formula is C28H35F4N7O3. The maximum atomic E-state index is 15.6. The van der Waals surface area contributed by atoms with Gasteiger partial charge in [-0.1, -0.05) is 0 Å². The Morgan fingerprint density at radius 1 is 1.07 bits per heavy atom. The number of carbonyl (C=O) groups excluding carboxylic acids is 1. The standard InChI is InChI=1S/C28H35F4N7O3/c1-16-14-39(15-17(2)37(16)3)24-12-21(29)18(22(33)4-5-25(34)38-6-8-42-9-7-38)10-23(24)36-27(41)19-13-35-26(40)11-20(19)28(30,31)32/h4-5,10-13,16-17H,6-9,14-15,33-34H2,1-3H3,(H,35,40)(H,36,41)/b22-4-,25-5+. The van der Waals surface area contributed by atoms with E-state index in [0.717, 1.165) is 0 Å². The number of pyridine rings is 1. The van der Waals surface area contributed by atoms with Crippen LogP contribution in [0.3, 0.4) is 0 Å². The monoisotopic (exact) mass is 593 g/mol. The molecule has 0 radical (unpaired) electrons. The number of anilines is 2. The summed E-state index contributed by atoms with van der Waals surface area (Å²) < 4.78 is 61.9. The van der Waals surface area contributed by atoms with Gasteiger partial charge in [0.25, 0.3) is 5.91 Å². The van der Waals surface area contributed by atoms with Crippen molar-refractivity contribution in [1.29, 1.82) is 0 Å². The van der Waals surface area contributed by atoms with E-state index in [9.17, 15) is 22.8 Å². The molecule has 2 saturated heterocycles. The zero-order valence-corrected chi connectivity index (χ0v) is 23.6. The minimum absolute atomic E-state index is 0.00843. The number of benzene rings is 1. The maximum Gasteiger partial charge on any atom is 0.417 e. The molecule has 1 aromatic heterocycles. The van der Waals surface area contributed by atoms with E-state index in [0.29, 0.717) is 57.5 Å².